The van der Waals surface area contributed by atoms with Gasteiger partial charge in [0, 0.05) is 23.5 Å². The van der Waals surface area contributed by atoms with Gasteiger partial charge in [0.05, 0.1) is 24.1 Å². The van der Waals surface area contributed by atoms with Crippen molar-refractivity contribution in [1.82, 2.24) is 9.97 Å². The summed E-state index contributed by atoms with van der Waals surface area (Å²) in [4.78, 5) is 21.9. The lowest BCUT2D eigenvalue weighted by Gasteiger charge is -2.07. The predicted molar refractivity (Wildman–Crippen MR) is 95.4 cm³/mol. The number of carbonyl (C=O) groups excluding carboxylic acids is 1. The highest BCUT2D eigenvalue weighted by Gasteiger charge is 2.13. The van der Waals surface area contributed by atoms with Crippen molar-refractivity contribution in [3.8, 4) is 16.2 Å². The van der Waals surface area contributed by atoms with Gasteiger partial charge in [-0.25, -0.2) is 4.98 Å². The maximum Gasteiger partial charge on any atom is 0.230 e. The summed E-state index contributed by atoms with van der Waals surface area (Å²) in [5, 5.41) is 3.45. The molecule has 122 valence electrons. The second kappa shape index (κ2) is 7.23. The minimum Gasteiger partial charge on any atom is -0.496 e. The molecule has 0 bridgehead atoms. The second-order valence-electron chi connectivity index (χ2n) is 5.21. The number of thiazole rings is 1. The highest BCUT2D eigenvalue weighted by atomic mass is 32.1. The van der Waals surface area contributed by atoms with Crippen LogP contribution in [0.3, 0.4) is 0 Å². The third-order valence-corrected chi connectivity index (χ3v) is 4.63. The largest absolute Gasteiger partial charge is 0.496 e. The van der Waals surface area contributed by atoms with Crippen LogP contribution >= 0.6 is 11.3 Å². The highest BCUT2D eigenvalue weighted by molar-refractivity contribution is 7.19. The number of benzene rings is 1. The first-order valence-electron chi connectivity index (χ1n) is 7.47. The molecule has 1 N–H and O–H groups in total. The van der Waals surface area contributed by atoms with E-state index in [9.17, 15) is 4.79 Å². The normalized spacial score (nSPS) is 10.4. The van der Waals surface area contributed by atoms with Gasteiger partial charge in [-0.15, -0.1) is 0 Å². The van der Waals surface area contributed by atoms with Gasteiger partial charge in [0.2, 0.25) is 5.91 Å². The van der Waals surface area contributed by atoms with E-state index in [2.05, 4.69) is 15.3 Å². The first kappa shape index (κ1) is 16.1. The molecule has 0 saturated heterocycles. The van der Waals surface area contributed by atoms with Crippen molar-refractivity contribution >= 4 is 22.4 Å². The average Bonchev–Trinajstić information content (AvgIpc) is 2.96. The van der Waals surface area contributed by atoms with Gasteiger partial charge in [-0.05, 0) is 19.1 Å². The molecule has 0 atom stereocenters. The molecule has 24 heavy (non-hydrogen) atoms. The number of hydrogen-bond acceptors (Lipinski definition) is 5. The molecule has 2 aromatic heterocycles. The molecule has 0 saturated carbocycles. The Bertz CT molecular complexity index is 846. The quantitative estimate of drug-likeness (QED) is 0.770. The van der Waals surface area contributed by atoms with Gasteiger partial charge >= 0.3 is 0 Å². The summed E-state index contributed by atoms with van der Waals surface area (Å²) >= 11 is 1.45. The Kier molecular flexibility index (Phi) is 4.86. The maximum atomic E-state index is 12.3. The molecule has 0 aliphatic carbocycles. The molecule has 1 amide bonds. The van der Waals surface area contributed by atoms with E-state index >= 15 is 0 Å². The fourth-order valence-electron chi connectivity index (χ4n) is 2.40. The average molecular weight is 339 g/mol. The third kappa shape index (κ3) is 3.60. The number of rotatable bonds is 5. The van der Waals surface area contributed by atoms with Crippen LogP contribution in [0, 0.1) is 6.92 Å². The SMILES string of the molecule is COc1ccccc1CC(=O)Nc1nc(C)c(-c2cccnc2)s1. The summed E-state index contributed by atoms with van der Waals surface area (Å²) in [6.07, 6.45) is 3.77. The predicted octanol–water partition coefficient (Wildman–Crippen LogP) is 3.70. The number of pyridine rings is 1. The van der Waals surface area contributed by atoms with Crippen molar-refractivity contribution in [3.05, 3.63) is 60.0 Å². The first-order valence-corrected chi connectivity index (χ1v) is 8.28. The lowest BCUT2D eigenvalue weighted by Crippen LogP contribution is -2.14. The third-order valence-electron chi connectivity index (χ3n) is 3.51. The molecule has 0 aliphatic rings. The van der Waals surface area contributed by atoms with E-state index < -0.39 is 0 Å². The second-order valence-corrected chi connectivity index (χ2v) is 6.21. The van der Waals surface area contributed by atoms with Gasteiger partial charge in [-0.3, -0.25) is 9.78 Å². The molecule has 6 heteroatoms. The zero-order valence-electron chi connectivity index (χ0n) is 13.4. The molecule has 3 rings (SSSR count). The number of nitrogens with one attached hydrogen (secondary N) is 1. The molecule has 0 spiro atoms. The van der Waals surface area contributed by atoms with Crippen molar-refractivity contribution in [2.75, 3.05) is 12.4 Å². The number of anilines is 1. The Hall–Kier alpha value is -2.73. The molecule has 0 aliphatic heterocycles. The number of aryl methyl sites for hydroxylation is 1. The van der Waals surface area contributed by atoms with E-state index in [0.717, 1.165) is 21.7 Å². The highest BCUT2D eigenvalue weighted by Crippen LogP contribution is 2.32. The molecule has 5 nitrogen and oxygen atoms in total. The van der Waals surface area contributed by atoms with Crippen LogP contribution < -0.4 is 10.1 Å². The van der Waals surface area contributed by atoms with Crippen LogP contribution in [0.25, 0.3) is 10.4 Å². The number of nitrogens with zero attached hydrogens (tertiary/aromatic N) is 2. The van der Waals surface area contributed by atoms with Crippen LogP contribution in [0.4, 0.5) is 5.13 Å². The minimum absolute atomic E-state index is 0.119. The van der Waals surface area contributed by atoms with Gasteiger partial charge in [0.15, 0.2) is 5.13 Å². The number of methoxy groups -OCH3 is 1. The number of hydrogen-bond donors (Lipinski definition) is 1. The zero-order chi connectivity index (χ0) is 16.9. The lowest BCUT2D eigenvalue weighted by molar-refractivity contribution is -0.115. The topological polar surface area (TPSA) is 64.1 Å². The van der Waals surface area contributed by atoms with Crippen LogP contribution in [0.1, 0.15) is 11.3 Å². The number of aromatic nitrogens is 2. The van der Waals surface area contributed by atoms with E-state index in [1.54, 1.807) is 19.5 Å². The number of ether oxygens (including phenoxy) is 1. The smallest absolute Gasteiger partial charge is 0.230 e. The number of carbonyl (C=O) groups is 1. The summed E-state index contributed by atoms with van der Waals surface area (Å²) in [5.74, 6) is 0.588. The van der Waals surface area contributed by atoms with Crippen molar-refractivity contribution in [1.29, 1.82) is 0 Å². The minimum atomic E-state index is -0.119. The van der Waals surface area contributed by atoms with E-state index in [4.69, 9.17) is 4.74 Å². The Morgan fingerprint density at radius 3 is 2.83 bits per heavy atom. The van der Waals surface area contributed by atoms with Gasteiger partial charge in [-0.2, -0.15) is 0 Å². The Labute approximate surface area is 144 Å². The van der Waals surface area contributed by atoms with Crippen molar-refractivity contribution < 1.29 is 9.53 Å². The molecule has 2 heterocycles. The van der Waals surface area contributed by atoms with E-state index in [1.165, 1.54) is 11.3 Å². The van der Waals surface area contributed by atoms with Crippen LogP contribution in [-0.2, 0) is 11.2 Å². The van der Waals surface area contributed by atoms with Gasteiger partial charge in [0.1, 0.15) is 5.75 Å². The van der Waals surface area contributed by atoms with E-state index in [-0.39, 0.29) is 12.3 Å². The summed E-state index contributed by atoms with van der Waals surface area (Å²) in [6.45, 7) is 1.93. The Morgan fingerprint density at radius 2 is 2.08 bits per heavy atom. The molecular weight excluding hydrogens is 322 g/mol. The Balaban J connectivity index is 1.74. The number of para-hydroxylation sites is 1. The monoisotopic (exact) mass is 339 g/mol. The molecule has 1 aromatic carbocycles. The standard InChI is InChI=1S/C18H17N3O2S/c1-12-17(14-7-5-9-19-11-14)24-18(20-12)21-16(22)10-13-6-3-4-8-15(13)23-2/h3-9,11H,10H2,1-2H3,(H,20,21,22). The maximum absolute atomic E-state index is 12.3. The van der Waals surface area contributed by atoms with Crippen LogP contribution in [0.15, 0.2) is 48.8 Å². The summed E-state index contributed by atoms with van der Waals surface area (Å²) in [6, 6.07) is 11.4. The zero-order valence-corrected chi connectivity index (χ0v) is 14.3. The summed E-state index contributed by atoms with van der Waals surface area (Å²) in [7, 11) is 1.60. The molecule has 0 radical (unpaired) electrons. The van der Waals surface area contributed by atoms with Gasteiger partial charge in [-0.1, -0.05) is 35.6 Å². The fraction of sp³-hybridized carbons (Fsp3) is 0.167. The molecule has 0 unspecified atom stereocenters. The van der Waals surface area contributed by atoms with Crippen molar-refractivity contribution in [2.45, 2.75) is 13.3 Å². The van der Waals surface area contributed by atoms with Crippen molar-refractivity contribution in [3.63, 3.8) is 0 Å². The summed E-state index contributed by atoms with van der Waals surface area (Å²) in [5.41, 5.74) is 2.72. The lowest BCUT2D eigenvalue weighted by atomic mass is 10.1. The first-order chi connectivity index (χ1) is 11.7. The molecule has 3 aromatic rings. The Morgan fingerprint density at radius 1 is 1.25 bits per heavy atom. The van der Waals surface area contributed by atoms with Crippen LogP contribution in [0.2, 0.25) is 0 Å². The summed E-state index contributed by atoms with van der Waals surface area (Å²) < 4.78 is 5.28. The van der Waals surface area contributed by atoms with Crippen LogP contribution in [-0.4, -0.2) is 23.0 Å². The molecule has 0 fully saturated rings. The fourth-order valence-corrected chi connectivity index (χ4v) is 3.37. The van der Waals surface area contributed by atoms with E-state index in [1.807, 2.05) is 43.3 Å². The van der Waals surface area contributed by atoms with Gasteiger partial charge < -0.3 is 10.1 Å². The number of amides is 1. The van der Waals surface area contributed by atoms with Gasteiger partial charge in [0.25, 0.3) is 0 Å². The molecular formula is C18H17N3O2S. The van der Waals surface area contributed by atoms with Crippen molar-refractivity contribution in [2.24, 2.45) is 0 Å². The van der Waals surface area contributed by atoms with E-state index in [0.29, 0.717) is 10.9 Å². The van der Waals surface area contributed by atoms with Crippen LogP contribution in [0.5, 0.6) is 5.75 Å².